The van der Waals surface area contributed by atoms with Gasteiger partial charge in [0.2, 0.25) is 0 Å². The second-order valence-electron chi connectivity index (χ2n) is 5.50. The van der Waals surface area contributed by atoms with Crippen molar-refractivity contribution in [3.8, 4) is 0 Å². The molecule has 6 heteroatoms. The lowest BCUT2D eigenvalue weighted by Crippen LogP contribution is -2.78. The minimum Gasteiger partial charge on any atom is -0.399 e. The fourth-order valence-electron chi connectivity index (χ4n) is 1.60. The van der Waals surface area contributed by atoms with E-state index in [-0.39, 0.29) is 17.8 Å². The predicted molar refractivity (Wildman–Crippen MR) is 71.4 cm³/mol. The van der Waals surface area contributed by atoms with E-state index < -0.39 is 7.12 Å². The Morgan fingerprint density at radius 2 is 1.83 bits per heavy atom. The van der Waals surface area contributed by atoms with E-state index >= 15 is 0 Å². The van der Waals surface area contributed by atoms with Crippen LogP contribution in [0.15, 0.2) is 11.7 Å². The zero-order valence-corrected chi connectivity index (χ0v) is 11.7. The van der Waals surface area contributed by atoms with E-state index in [9.17, 15) is 0 Å². The maximum Gasteiger partial charge on any atom is 0.501 e. The van der Waals surface area contributed by atoms with Gasteiger partial charge in [0.1, 0.15) is 0 Å². The molecule has 1 heterocycles. The summed E-state index contributed by atoms with van der Waals surface area (Å²) in [5.74, 6) is 0. The predicted octanol–water partition coefficient (Wildman–Crippen LogP) is 0.0971. The second kappa shape index (κ2) is 5.97. The zero-order valence-electron chi connectivity index (χ0n) is 11.7. The van der Waals surface area contributed by atoms with E-state index in [1.807, 2.05) is 39.2 Å². The number of allylic oxidation sites excluding steroid dienone is 1. The molecule has 18 heavy (non-hydrogen) atoms. The Labute approximate surface area is 109 Å². The van der Waals surface area contributed by atoms with Gasteiger partial charge in [-0.3, -0.25) is 0 Å². The third kappa shape index (κ3) is 3.41. The minimum atomic E-state index is -0.488. The average molecular weight is 255 g/mol. The highest BCUT2D eigenvalue weighted by molar-refractivity contribution is 6.60. The lowest BCUT2D eigenvalue weighted by Gasteiger charge is -2.32. The van der Waals surface area contributed by atoms with E-state index in [0.29, 0.717) is 5.47 Å². The Morgan fingerprint density at radius 3 is 2.28 bits per heavy atom. The first-order chi connectivity index (χ1) is 8.34. The molecule has 0 aromatic rings. The summed E-state index contributed by atoms with van der Waals surface area (Å²) in [4.78, 5) is 0. The van der Waals surface area contributed by atoms with Gasteiger partial charge in [-0.15, -0.1) is 0 Å². The molecule has 5 nitrogen and oxygen atoms in total. The molecule has 1 aliphatic rings. The molecular weight excluding hydrogens is 231 g/mol. The van der Waals surface area contributed by atoms with Gasteiger partial charge in [0.25, 0.3) is 0 Å². The van der Waals surface area contributed by atoms with Crippen LogP contribution in [0.2, 0.25) is 0 Å². The van der Waals surface area contributed by atoms with E-state index in [2.05, 4.69) is 0 Å². The molecule has 0 aliphatic carbocycles. The van der Waals surface area contributed by atoms with Gasteiger partial charge in [0, 0.05) is 19.2 Å². The summed E-state index contributed by atoms with van der Waals surface area (Å²) in [5, 5.41) is 18.1. The molecule has 0 spiro atoms. The van der Waals surface area contributed by atoms with Crippen molar-refractivity contribution in [2.45, 2.75) is 45.3 Å². The summed E-state index contributed by atoms with van der Waals surface area (Å²) in [6.07, 6.45) is 3.83. The lowest BCUT2D eigenvalue weighted by molar-refractivity contribution is -0.588. The van der Waals surface area contributed by atoms with E-state index in [4.69, 9.17) is 19.8 Å². The molecular formula is C12H24BN2O3+. The quantitative estimate of drug-likeness (QED) is 0.358. The molecule has 102 valence electrons. The molecule has 4 N–H and O–H groups in total. The van der Waals surface area contributed by atoms with Crippen molar-refractivity contribution in [1.82, 2.24) is 0 Å². The Bertz CT molecular complexity index is 313. The van der Waals surface area contributed by atoms with Gasteiger partial charge in [0.05, 0.1) is 29.4 Å². The summed E-state index contributed by atoms with van der Waals surface area (Å²) in [5.41, 5.74) is -0.0676. The van der Waals surface area contributed by atoms with Gasteiger partial charge >= 0.3 is 7.12 Å². The van der Waals surface area contributed by atoms with Crippen molar-refractivity contribution in [2.75, 3.05) is 13.2 Å². The van der Waals surface area contributed by atoms with Crippen LogP contribution >= 0.6 is 0 Å². The van der Waals surface area contributed by atoms with E-state index in [1.54, 1.807) is 0 Å². The third-order valence-electron chi connectivity index (χ3n) is 3.53. The van der Waals surface area contributed by atoms with Crippen molar-refractivity contribution >= 4 is 13.3 Å². The molecule has 1 fully saturated rings. The molecule has 1 rings (SSSR count). The van der Waals surface area contributed by atoms with Crippen molar-refractivity contribution < 1.29 is 19.7 Å². The molecule has 0 bridgehead atoms. The van der Waals surface area contributed by atoms with Crippen LogP contribution in [0.5, 0.6) is 0 Å². The van der Waals surface area contributed by atoms with Crippen LogP contribution in [0, 0.1) is 5.41 Å². The SMILES string of the molecule is CC1(C)OB(/C(C=N)=C/[NH2+]CCCO)OC1(C)C. The van der Waals surface area contributed by atoms with Gasteiger partial charge in [-0.05, 0) is 27.7 Å². The number of nitrogens with one attached hydrogen (secondary N) is 1. The van der Waals surface area contributed by atoms with Crippen LogP contribution in [0.3, 0.4) is 0 Å². The highest BCUT2D eigenvalue weighted by atomic mass is 16.7. The van der Waals surface area contributed by atoms with Crippen LogP contribution < -0.4 is 5.32 Å². The summed E-state index contributed by atoms with van der Waals surface area (Å²) in [6.45, 7) is 8.93. The second-order valence-corrected chi connectivity index (χ2v) is 5.50. The highest BCUT2D eigenvalue weighted by Crippen LogP contribution is 2.37. The van der Waals surface area contributed by atoms with Crippen molar-refractivity contribution in [3.05, 3.63) is 11.7 Å². The Hall–Kier alpha value is -0.685. The van der Waals surface area contributed by atoms with Crippen molar-refractivity contribution in [3.63, 3.8) is 0 Å². The fraction of sp³-hybridized carbons (Fsp3) is 0.750. The lowest BCUT2D eigenvalue weighted by atomic mass is 9.79. The molecule has 0 aromatic heterocycles. The molecule has 0 unspecified atom stereocenters. The van der Waals surface area contributed by atoms with Gasteiger partial charge in [-0.1, -0.05) is 0 Å². The number of aliphatic hydroxyl groups excluding tert-OH is 1. The third-order valence-corrected chi connectivity index (χ3v) is 3.53. The number of quaternary nitrogens is 1. The topological polar surface area (TPSA) is 79.2 Å². The molecule has 1 saturated heterocycles. The Balaban J connectivity index is 2.66. The smallest absolute Gasteiger partial charge is 0.399 e. The first kappa shape index (κ1) is 15.4. The van der Waals surface area contributed by atoms with Gasteiger partial charge in [-0.25, -0.2) is 0 Å². The Kier molecular flexibility index (Phi) is 5.10. The fourth-order valence-corrected chi connectivity index (χ4v) is 1.60. The maximum absolute atomic E-state index is 8.70. The molecule has 1 aliphatic heterocycles. The van der Waals surface area contributed by atoms with E-state index in [1.165, 1.54) is 6.21 Å². The van der Waals surface area contributed by atoms with Crippen LogP contribution in [0.4, 0.5) is 0 Å². The summed E-state index contributed by atoms with van der Waals surface area (Å²) in [6, 6.07) is 0. The van der Waals surface area contributed by atoms with Gasteiger partial charge in [0.15, 0.2) is 0 Å². The zero-order chi connectivity index (χ0) is 13.8. The molecule has 0 aromatic carbocycles. The highest BCUT2D eigenvalue weighted by Gasteiger charge is 2.52. The van der Waals surface area contributed by atoms with Crippen LogP contribution in [-0.2, 0) is 9.31 Å². The molecule has 0 amide bonds. The molecule has 0 atom stereocenters. The van der Waals surface area contributed by atoms with Crippen molar-refractivity contribution in [2.24, 2.45) is 0 Å². The minimum absolute atomic E-state index is 0.181. The van der Waals surface area contributed by atoms with Crippen LogP contribution in [0.25, 0.3) is 0 Å². The van der Waals surface area contributed by atoms with Gasteiger partial charge < -0.3 is 25.1 Å². The maximum atomic E-state index is 8.70. The average Bonchev–Trinajstić information content (AvgIpc) is 2.48. The van der Waals surface area contributed by atoms with Gasteiger partial charge in [-0.2, -0.15) is 0 Å². The van der Waals surface area contributed by atoms with Crippen LogP contribution in [-0.4, -0.2) is 42.8 Å². The number of nitrogens with two attached hydrogens (primary N) is 1. The summed E-state index contributed by atoms with van der Waals surface area (Å²) < 4.78 is 11.7. The standard InChI is InChI=1S/C12H23BN2O3/c1-11(2)12(3,4)18-13(17-11)10(8-14)9-15-6-5-7-16/h8-9,14-16H,5-7H2,1-4H3/p+1/b10-9+,14-8?. The normalized spacial score (nSPS) is 22.3. The number of rotatable bonds is 6. The Morgan fingerprint density at radius 1 is 1.28 bits per heavy atom. The number of aliphatic hydroxyl groups is 1. The monoisotopic (exact) mass is 255 g/mol. The first-order valence-corrected chi connectivity index (χ1v) is 6.34. The van der Waals surface area contributed by atoms with E-state index in [0.717, 1.165) is 13.0 Å². The number of hydrogen-bond donors (Lipinski definition) is 3. The summed E-state index contributed by atoms with van der Waals surface area (Å²) >= 11 is 0. The largest absolute Gasteiger partial charge is 0.501 e. The molecule has 0 radical (unpaired) electrons. The van der Waals surface area contributed by atoms with Crippen molar-refractivity contribution in [1.29, 1.82) is 5.41 Å². The summed E-state index contributed by atoms with van der Waals surface area (Å²) in [7, 11) is -0.488. The van der Waals surface area contributed by atoms with Crippen LogP contribution in [0.1, 0.15) is 34.1 Å². The molecule has 0 saturated carbocycles. The number of hydrogen-bond acceptors (Lipinski definition) is 4. The first-order valence-electron chi connectivity index (χ1n) is 6.34.